The van der Waals surface area contributed by atoms with Crippen LogP contribution in [-0.4, -0.2) is 38.0 Å². The predicted molar refractivity (Wildman–Crippen MR) is 37.9 cm³/mol. The highest BCUT2D eigenvalue weighted by molar-refractivity contribution is 7.91. The zero-order valence-electron chi connectivity index (χ0n) is 5.70. The quantitative estimate of drug-likeness (QED) is 0.439. The second-order valence-electron chi connectivity index (χ2n) is 2.91. The molecule has 0 aliphatic carbocycles. The van der Waals surface area contributed by atoms with Crippen LogP contribution in [0.2, 0.25) is 0 Å². The van der Waals surface area contributed by atoms with Gasteiger partial charge >= 0.3 is 6.03 Å². The molecule has 5 nitrogen and oxygen atoms in total. The molecule has 2 unspecified atom stereocenters. The fourth-order valence-corrected chi connectivity index (χ4v) is 3.37. The van der Waals surface area contributed by atoms with Crippen molar-refractivity contribution in [1.29, 1.82) is 0 Å². The molecule has 62 valence electrons. The zero-order valence-corrected chi connectivity index (χ0v) is 6.52. The van der Waals surface area contributed by atoms with Gasteiger partial charge in [0.25, 0.3) is 0 Å². The molecule has 2 heterocycles. The number of hydrogen-bond acceptors (Lipinski definition) is 3. The largest absolute Gasteiger partial charge is 0.332 e. The molecule has 0 aromatic carbocycles. The number of carbonyl (C=O) groups excluding carboxylic acids is 1. The molecule has 0 radical (unpaired) electrons. The molecule has 2 amide bonds. The first-order chi connectivity index (χ1) is 5.07. The van der Waals surface area contributed by atoms with Crippen LogP contribution in [0.3, 0.4) is 0 Å². The number of nitrogens with one attached hydrogen (secondary N) is 2. The van der Waals surface area contributed by atoms with Crippen molar-refractivity contribution in [2.24, 2.45) is 0 Å². The van der Waals surface area contributed by atoms with E-state index in [1.807, 2.05) is 0 Å². The van der Waals surface area contributed by atoms with Gasteiger partial charge in [0.05, 0.1) is 23.6 Å². The minimum atomic E-state index is -2.91. The second-order valence-corrected chi connectivity index (χ2v) is 5.06. The van der Waals surface area contributed by atoms with E-state index in [1.165, 1.54) is 0 Å². The second kappa shape index (κ2) is 1.88. The molecule has 0 saturated carbocycles. The Hall–Kier alpha value is -0.780. The number of fused-ring (bicyclic) bond motifs is 1. The van der Waals surface area contributed by atoms with Gasteiger partial charge in [-0.3, -0.25) is 0 Å². The number of amides is 2. The van der Waals surface area contributed by atoms with E-state index in [0.29, 0.717) is 0 Å². The molecule has 11 heavy (non-hydrogen) atoms. The van der Waals surface area contributed by atoms with Crippen LogP contribution in [0.4, 0.5) is 4.79 Å². The Morgan fingerprint density at radius 3 is 2.09 bits per heavy atom. The smallest absolute Gasteiger partial charge is 0.315 e. The van der Waals surface area contributed by atoms with E-state index in [4.69, 9.17) is 0 Å². The average molecular weight is 176 g/mol. The van der Waals surface area contributed by atoms with Crippen molar-refractivity contribution >= 4 is 15.9 Å². The Balaban J connectivity index is 2.22. The van der Waals surface area contributed by atoms with Crippen LogP contribution in [0.15, 0.2) is 0 Å². The van der Waals surface area contributed by atoms with Gasteiger partial charge in [0, 0.05) is 0 Å². The summed E-state index contributed by atoms with van der Waals surface area (Å²) in [6.07, 6.45) is 0. The summed E-state index contributed by atoms with van der Waals surface area (Å²) in [7, 11) is -2.91. The summed E-state index contributed by atoms with van der Waals surface area (Å²) in [6, 6.07) is -0.658. The van der Waals surface area contributed by atoms with Crippen LogP contribution >= 0.6 is 0 Å². The van der Waals surface area contributed by atoms with Crippen molar-refractivity contribution in [1.82, 2.24) is 10.6 Å². The molecule has 0 spiro atoms. The number of sulfone groups is 1. The first-order valence-electron chi connectivity index (χ1n) is 3.34. The summed E-state index contributed by atoms with van der Waals surface area (Å²) in [5, 5.41) is 5.08. The molecule has 2 atom stereocenters. The van der Waals surface area contributed by atoms with E-state index in [0.717, 1.165) is 0 Å². The maximum atomic E-state index is 11.0. The molecule has 6 heteroatoms. The predicted octanol–water partition coefficient (Wildman–Crippen LogP) is -1.54. The molecule has 2 N–H and O–H groups in total. The van der Waals surface area contributed by atoms with Crippen LogP contribution in [0.5, 0.6) is 0 Å². The van der Waals surface area contributed by atoms with Crippen molar-refractivity contribution in [3.63, 3.8) is 0 Å². The maximum Gasteiger partial charge on any atom is 0.315 e. The topological polar surface area (TPSA) is 75.3 Å². The molecule has 2 fully saturated rings. The summed E-state index contributed by atoms with van der Waals surface area (Å²) < 4.78 is 21.9. The van der Waals surface area contributed by atoms with Gasteiger partial charge in [0.1, 0.15) is 0 Å². The standard InChI is InChI=1S/C5H8N2O3S/c8-5-6-3-1-11(9,10)2-4(3)7-5/h3-4H,1-2H2,(H2,6,7,8). The molecular weight excluding hydrogens is 168 g/mol. The van der Waals surface area contributed by atoms with E-state index in [2.05, 4.69) is 10.6 Å². The Kier molecular flexibility index (Phi) is 1.18. The average Bonchev–Trinajstić information content (AvgIpc) is 2.17. The minimum Gasteiger partial charge on any atom is -0.332 e. The molecule has 2 aliphatic rings. The minimum absolute atomic E-state index is 0.0798. The van der Waals surface area contributed by atoms with Crippen molar-refractivity contribution < 1.29 is 13.2 Å². The fraction of sp³-hybridized carbons (Fsp3) is 0.800. The monoisotopic (exact) mass is 176 g/mol. The van der Waals surface area contributed by atoms with Gasteiger partial charge in [-0.2, -0.15) is 0 Å². The van der Waals surface area contributed by atoms with Crippen molar-refractivity contribution in [2.75, 3.05) is 11.5 Å². The van der Waals surface area contributed by atoms with Gasteiger partial charge in [-0.1, -0.05) is 0 Å². The number of rotatable bonds is 0. The maximum absolute atomic E-state index is 11.0. The third-order valence-corrected chi connectivity index (χ3v) is 3.72. The lowest BCUT2D eigenvalue weighted by Crippen LogP contribution is -2.31. The molecular formula is C5H8N2O3S. The lowest BCUT2D eigenvalue weighted by molar-refractivity contribution is 0.247. The third kappa shape index (κ3) is 1.07. The van der Waals surface area contributed by atoms with Gasteiger partial charge in [0.15, 0.2) is 9.84 Å². The summed E-state index contributed by atoms with van der Waals surface area (Å²) in [4.78, 5) is 10.7. The lowest BCUT2D eigenvalue weighted by atomic mass is 10.2. The van der Waals surface area contributed by atoms with Crippen LogP contribution in [-0.2, 0) is 9.84 Å². The molecule has 0 aromatic rings. The fourth-order valence-electron chi connectivity index (χ4n) is 1.51. The van der Waals surface area contributed by atoms with Crippen LogP contribution in [0.1, 0.15) is 0 Å². The number of urea groups is 1. The van der Waals surface area contributed by atoms with Gasteiger partial charge in [-0.15, -0.1) is 0 Å². The highest BCUT2D eigenvalue weighted by Crippen LogP contribution is 2.15. The van der Waals surface area contributed by atoms with Gasteiger partial charge in [0.2, 0.25) is 0 Å². The highest BCUT2D eigenvalue weighted by Gasteiger charge is 2.43. The van der Waals surface area contributed by atoms with E-state index in [9.17, 15) is 13.2 Å². The summed E-state index contributed by atoms with van der Waals surface area (Å²) in [5.74, 6) is 0.160. The molecule has 0 aromatic heterocycles. The van der Waals surface area contributed by atoms with E-state index in [1.54, 1.807) is 0 Å². The van der Waals surface area contributed by atoms with Gasteiger partial charge in [-0.25, -0.2) is 13.2 Å². The number of hydrogen-bond donors (Lipinski definition) is 2. The third-order valence-electron chi connectivity index (χ3n) is 1.99. The first kappa shape index (κ1) is 6.90. The molecule has 0 bridgehead atoms. The summed E-state index contributed by atoms with van der Waals surface area (Å²) in [5.41, 5.74) is 0. The van der Waals surface area contributed by atoms with Gasteiger partial charge in [-0.05, 0) is 0 Å². The molecule has 2 rings (SSSR count). The Morgan fingerprint density at radius 1 is 1.18 bits per heavy atom. The Morgan fingerprint density at radius 2 is 1.64 bits per heavy atom. The lowest BCUT2D eigenvalue weighted by Gasteiger charge is -2.01. The normalized spacial score (nSPS) is 39.5. The highest BCUT2D eigenvalue weighted by atomic mass is 32.2. The number of carbonyl (C=O) groups is 1. The molecule has 2 saturated heterocycles. The van der Waals surface area contributed by atoms with Crippen molar-refractivity contribution in [2.45, 2.75) is 12.1 Å². The summed E-state index contributed by atoms with van der Waals surface area (Å²) >= 11 is 0. The van der Waals surface area contributed by atoms with Crippen LogP contribution in [0.25, 0.3) is 0 Å². The van der Waals surface area contributed by atoms with Crippen LogP contribution in [0, 0.1) is 0 Å². The van der Waals surface area contributed by atoms with E-state index >= 15 is 0 Å². The van der Waals surface area contributed by atoms with Crippen molar-refractivity contribution in [3.8, 4) is 0 Å². The Labute approximate surface area is 64.1 Å². The first-order valence-corrected chi connectivity index (χ1v) is 5.16. The molecule has 2 aliphatic heterocycles. The SMILES string of the molecule is O=C1NC2CS(=O)(=O)CC2N1. The van der Waals surface area contributed by atoms with E-state index < -0.39 is 9.84 Å². The van der Waals surface area contributed by atoms with Crippen LogP contribution < -0.4 is 10.6 Å². The van der Waals surface area contributed by atoms with Gasteiger partial charge < -0.3 is 10.6 Å². The van der Waals surface area contributed by atoms with E-state index in [-0.39, 0.29) is 29.6 Å². The zero-order chi connectivity index (χ0) is 8.06. The summed E-state index contributed by atoms with van der Waals surface area (Å²) in [6.45, 7) is 0. The van der Waals surface area contributed by atoms with Crippen molar-refractivity contribution in [3.05, 3.63) is 0 Å². The Bertz CT molecular complexity index is 275.